The maximum absolute atomic E-state index is 11.7. The van der Waals surface area contributed by atoms with Gasteiger partial charge in [0.05, 0.1) is 5.70 Å². The van der Waals surface area contributed by atoms with Gasteiger partial charge in [0.2, 0.25) is 11.6 Å². The highest BCUT2D eigenvalue weighted by Crippen LogP contribution is 2.31. The van der Waals surface area contributed by atoms with Crippen molar-refractivity contribution in [3.8, 4) is 0 Å². The van der Waals surface area contributed by atoms with Crippen molar-refractivity contribution in [2.75, 3.05) is 0 Å². The SMILES string of the molecule is [N-]=[N+]=NC1=C(N=[N+]=[N-])C(=O)C(S(=O)(=O)O)=C(Cl)C1=O. The Labute approximate surface area is 109 Å². The van der Waals surface area contributed by atoms with E-state index in [1.807, 2.05) is 0 Å². The predicted molar refractivity (Wildman–Crippen MR) is 59.8 cm³/mol. The van der Waals surface area contributed by atoms with Gasteiger partial charge in [-0.2, -0.15) is 8.42 Å². The van der Waals surface area contributed by atoms with Crippen molar-refractivity contribution >= 4 is 33.3 Å². The lowest BCUT2D eigenvalue weighted by molar-refractivity contribution is -0.115. The number of carbonyl (C=O) groups excluding carboxylic acids is 2. The van der Waals surface area contributed by atoms with Crippen LogP contribution in [-0.4, -0.2) is 24.5 Å². The fraction of sp³-hybridized carbons (Fsp3) is 0. The van der Waals surface area contributed by atoms with Crippen LogP contribution in [0, 0.1) is 0 Å². The average molecular weight is 305 g/mol. The van der Waals surface area contributed by atoms with E-state index in [1.165, 1.54) is 0 Å². The molecular weight excluding hydrogens is 304 g/mol. The van der Waals surface area contributed by atoms with Gasteiger partial charge in [-0.3, -0.25) is 14.1 Å². The first-order valence-corrected chi connectivity index (χ1v) is 5.88. The van der Waals surface area contributed by atoms with E-state index < -0.39 is 43.0 Å². The minimum absolute atomic E-state index is 0.956. The van der Waals surface area contributed by atoms with Crippen molar-refractivity contribution in [1.29, 1.82) is 0 Å². The quantitative estimate of drug-likeness (QED) is 0.270. The van der Waals surface area contributed by atoms with Crippen LogP contribution in [0.15, 0.2) is 31.6 Å². The van der Waals surface area contributed by atoms with Crippen LogP contribution in [0.25, 0.3) is 20.9 Å². The summed E-state index contributed by atoms with van der Waals surface area (Å²) in [6.07, 6.45) is 0. The summed E-state index contributed by atoms with van der Waals surface area (Å²) in [4.78, 5) is 26.2. The van der Waals surface area contributed by atoms with E-state index in [0.717, 1.165) is 0 Å². The average Bonchev–Trinajstić information content (AvgIpc) is 2.29. The van der Waals surface area contributed by atoms with E-state index in [0.29, 0.717) is 0 Å². The zero-order valence-corrected chi connectivity index (χ0v) is 10.1. The summed E-state index contributed by atoms with van der Waals surface area (Å²) in [6, 6.07) is 0. The number of halogens is 1. The molecule has 0 saturated heterocycles. The third-order valence-electron chi connectivity index (χ3n) is 1.81. The molecule has 0 unspecified atom stereocenters. The van der Waals surface area contributed by atoms with E-state index in [2.05, 4.69) is 20.1 Å². The monoisotopic (exact) mass is 304 g/mol. The Morgan fingerprint density at radius 3 is 1.84 bits per heavy atom. The van der Waals surface area contributed by atoms with Crippen molar-refractivity contribution in [2.24, 2.45) is 10.2 Å². The van der Waals surface area contributed by atoms with E-state index >= 15 is 0 Å². The van der Waals surface area contributed by atoms with Gasteiger partial charge in [0.1, 0.15) is 10.7 Å². The molecule has 0 radical (unpaired) electrons. The number of ketones is 2. The summed E-state index contributed by atoms with van der Waals surface area (Å²) in [7, 11) is -5.12. The second-order valence-corrected chi connectivity index (χ2v) is 4.59. The standard InChI is InChI=1S/C6HClN6O5S/c7-1-4(14)2(10-12-8)3(11-13-9)5(15)6(1)19(16,17)18/h(H,16,17,18). The summed E-state index contributed by atoms with van der Waals surface area (Å²) in [5.74, 6) is -2.92. The minimum atomic E-state index is -5.12. The van der Waals surface area contributed by atoms with Crippen LogP contribution < -0.4 is 0 Å². The molecule has 13 heteroatoms. The molecule has 1 N–H and O–H groups in total. The molecule has 0 aromatic heterocycles. The smallest absolute Gasteiger partial charge is 0.288 e. The number of Topliss-reactive ketones (excluding diaryl/α,β-unsaturated/α-hetero) is 2. The lowest BCUT2D eigenvalue weighted by Crippen LogP contribution is -2.25. The van der Waals surface area contributed by atoms with Gasteiger partial charge in [0.25, 0.3) is 10.1 Å². The summed E-state index contributed by atoms with van der Waals surface area (Å²) < 4.78 is 30.7. The van der Waals surface area contributed by atoms with Crippen molar-refractivity contribution in [2.45, 2.75) is 0 Å². The molecule has 0 aliphatic heterocycles. The number of hydrogen-bond donors (Lipinski definition) is 1. The molecule has 1 aliphatic rings. The molecule has 0 aromatic rings. The van der Waals surface area contributed by atoms with Gasteiger partial charge in [-0.15, -0.1) is 0 Å². The Morgan fingerprint density at radius 2 is 1.47 bits per heavy atom. The molecule has 0 atom stereocenters. The van der Waals surface area contributed by atoms with E-state index in [1.54, 1.807) is 0 Å². The van der Waals surface area contributed by atoms with Crippen LogP contribution in [0.5, 0.6) is 0 Å². The van der Waals surface area contributed by atoms with Crippen molar-refractivity contribution < 1.29 is 22.6 Å². The normalized spacial score (nSPS) is 16.1. The topological polar surface area (TPSA) is 186 Å². The molecule has 0 bridgehead atoms. The van der Waals surface area contributed by atoms with Gasteiger partial charge >= 0.3 is 0 Å². The van der Waals surface area contributed by atoms with Gasteiger partial charge in [-0.05, 0) is 11.1 Å². The van der Waals surface area contributed by atoms with Gasteiger partial charge < -0.3 is 0 Å². The largest absolute Gasteiger partial charge is 0.300 e. The Morgan fingerprint density at radius 1 is 1.05 bits per heavy atom. The summed E-state index contributed by atoms with van der Waals surface area (Å²) in [5.41, 5.74) is 14.4. The third-order valence-corrected chi connectivity index (χ3v) is 3.18. The van der Waals surface area contributed by atoms with Crippen LogP contribution in [0.2, 0.25) is 0 Å². The molecule has 11 nitrogen and oxygen atoms in total. The number of allylic oxidation sites excluding steroid dienone is 2. The highest BCUT2D eigenvalue weighted by Gasteiger charge is 2.39. The maximum Gasteiger partial charge on any atom is 0.300 e. The zero-order chi connectivity index (χ0) is 14.8. The number of nitrogens with zero attached hydrogens (tertiary/aromatic N) is 6. The molecule has 0 saturated carbocycles. The number of carbonyl (C=O) groups is 2. The van der Waals surface area contributed by atoms with Crippen LogP contribution >= 0.6 is 11.6 Å². The van der Waals surface area contributed by atoms with Gasteiger partial charge in [-0.1, -0.05) is 21.8 Å². The van der Waals surface area contributed by atoms with Crippen LogP contribution in [0.1, 0.15) is 0 Å². The first kappa shape index (κ1) is 14.7. The fourth-order valence-electron chi connectivity index (χ4n) is 1.13. The Bertz CT molecular complexity index is 751. The highest BCUT2D eigenvalue weighted by molar-refractivity contribution is 7.91. The van der Waals surface area contributed by atoms with Crippen LogP contribution in [0.4, 0.5) is 0 Å². The first-order valence-electron chi connectivity index (χ1n) is 4.06. The Hall–Kier alpha value is -2.36. The zero-order valence-electron chi connectivity index (χ0n) is 8.55. The summed E-state index contributed by atoms with van der Waals surface area (Å²) in [6.45, 7) is 0. The van der Waals surface area contributed by atoms with Crippen molar-refractivity contribution in [3.63, 3.8) is 0 Å². The van der Waals surface area contributed by atoms with E-state index in [4.69, 9.17) is 27.2 Å². The molecule has 0 amide bonds. The molecule has 0 fully saturated rings. The second kappa shape index (κ2) is 5.10. The minimum Gasteiger partial charge on any atom is -0.288 e. The highest BCUT2D eigenvalue weighted by atomic mass is 35.5. The summed E-state index contributed by atoms with van der Waals surface area (Å²) >= 11 is 5.33. The van der Waals surface area contributed by atoms with Gasteiger partial charge in [0.15, 0.2) is 4.91 Å². The second-order valence-electron chi connectivity index (χ2n) is 2.85. The van der Waals surface area contributed by atoms with E-state index in [-0.39, 0.29) is 0 Å². The maximum atomic E-state index is 11.7. The first-order chi connectivity index (χ1) is 8.75. The predicted octanol–water partition coefficient (Wildman–Crippen LogP) is 1.31. The van der Waals surface area contributed by atoms with E-state index in [9.17, 15) is 18.0 Å². The molecule has 0 spiro atoms. The number of azide groups is 2. The molecule has 1 rings (SSSR count). The molecule has 19 heavy (non-hydrogen) atoms. The number of hydrogen-bond acceptors (Lipinski definition) is 6. The Balaban J connectivity index is 3.76. The van der Waals surface area contributed by atoms with Gasteiger partial charge in [-0.25, -0.2) is 0 Å². The van der Waals surface area contributed by atoms with Crippen molar-refractivity contribution in [3.05, 3.63) is 42.2 Å². The molecular formula is C6HClN6O5S. The molecule has 1 aliphatic carbocycles. The number of rotatable bonds is 3. The van der Waals surface area contributed by atoms with Crippen LogP contribution in [-0.2, 0) is 19.7 Å². The Kier molecular flexibility index (Phi) is 3.95. The molecule has 0 heterocycles. The summed E-state index contributed by atoms with van der Waals surface area (Å²) in [5, 5.41) is 4.42. The molecule has 0 aromatic carbocycles. The molecule has 98 valence electrons. The third kappa shape index (κ3) is 2.57. The lowest BCUT2D eigenvalue weighted by atomic mass is 10.1. The fourth-order valence-corrected chi connectivity index (χ4v) is 2.25. The van der Waals surface area contributed by atoms with Crippen molar-refractivity contribution in [1.82, 2.24) is 0 Å². The van der Waals surface area contributed by atoms with Crippen LogP contribution in [0.3, 0.4) is 0 Å². The lowest BCUT2D eigenvalue weighted by Gasteiger charge is -2.13. The van der Waals surface area contributed by atoms with Gasteiger partial charge in [0, 0.05) is 9.82 Å².